The number of halogens is 1. The van der Waals surface area contributed by atoms with Gasteiger partial charge in [0.05, 0.1) is 35.1 Å². The first-order valence-electron chi connectivity index (χ1n) is 8.74. The molecule has 8 nitrogen and oxygen atoms in total. The lowest BCUT2D eigenvalue weighted by molar-refractivity contribution is 0.0730. The molecular formula is C18H21ClN2O6S2. The largest absolute Gasteiger partial charge is 0.495 e. The summed E-state index contributed by atoms with van der Waals surface area (Å²) in [6.45, 7) is 1.37. The molecule has 2 aromatic rings. The number of sulfonamides is 2. The number of morpholine rings is 1. The minimum atomic E-state index is -3.79. The van der Waals surface area contributed by atoms with Crippen molar-refractivity contribution in [2.24, 2.45) is 0 Å². The highest BCUT2D eigenvalue weighted by Crippen LogP contribution is 2.27. The molecule has 0 amide bonds. The van der Waals surface area contributed by atoms with Gasteiger partial charge in [-0.15, -0.1) is 0 Å². The van der Waals surface area contributed by atoms with Gasteiger partial charge in [-0.2, -0.15) is 4.31 Å². The third kappa shape index (κ3) is 5.08. The van der Waals surface area contributed by atoms with E-state index < -0.39 is 20.0 Å². The molecule has 0 aromatic heterocycles. The van der Waals surface area contributed by atoms with Crippen molar-refractivity contribution >= 4 is 31.6 Å². The van der Waals surface area contributed by atoms with Crippen LogP contribution in [0.5, 0.6) is 5.75 Å². The quantitative estimate of drug-likeness (QED) is 0.676. The van der Waals surface area contributed by atoms with Crippen LogP contribution in [0.4, 0.5) is 0 Å². The Kier molecular flexibility index (Phi) is 6.82. The molecule has 158 valence electrons. The zero-order valence-corrected chi connectivity index (χ0v) is 18.1. The maximum Gasteiger partial charge on any atom is 0.243 e. The van der Waals surface area contributed by atoms with Crippen LogP contribution in [0.3, 0.4) is 0 Å². The summed E-state index contributed by atoms with van der Waals surface area (Å²) >= 11 is 5.99. The summed E-state index contributed by atoms with van der Waals surface area (Å²) in [6, 6.07) is 10.3. The Bertz CT molecular complexity index is 1070. The fourth-order valence-corrected chi connectivity index (χ4v) is 5.57. The maximum absolute atomic E-state index is 12.6. The van der Waals surface area contributed by atoms with Crippen molar-refractivity contribution in [1.82, 2.24) is 9.03 Å². The first kappa shape index (κ1) is 22.0. The molecule has 1 heterocycles. The number of nitrogens with one attached hydrogen (secondary N) is 1. The van der Waals surface area contributed by atoms with Crippen LogP contribution in [0.15, 0.2) is 52.3 Å². The van der Waals surface area contributed by atoms with Crippen LogP contribution >= 0.6 is 11.6 Å². The molecule has 2 aromatic carbocycles. The average molecular weight is 461 g/mol. The van der Waals surface area contributed by atoms with Crippen LogP contribution < -0.4 is 9.46 Å². The van der Waals surface area contributed by atoms with E-state index in [4.69, 9.17) is 21.1 Å². The molecule has 1 aliphatic heterocycles. The molecule has 1 fully saturated rings. The smallest absolute Gasteiger partial charge is 0.243 e. The third-order valence-electron chi connectivity index (χ3n) is 4.43. The van der Waals surface area contributed by atoms with Crippen molar-refractivity contribution in [3.8, 4) is 5.75 Å². The average Bonchev–Trinajstić information content (AvgIpc) is 2.73. The highest BCUT2D eigenvalue weighted by molar-refractivity contribution is 7.89. The second-order valence-corrected chi connectivity index (χ2v) is 10.4. The van der Waals surface area contributed by atoms with E-state index in [0.717, 1.165) is 0 Å². The van der Waals surface area contributed by atoms with E-state index in [-0.39, 0.29) is 21.4 Å². The molecule has 3 rings (SSSR count). The summed E-state index contributed by atoms with van der Waals surface area (Å²) < 4.78 is 64.2. The predicted molar refractivity (Wildman–Crippen MR) is 108 cm³/mol. The van der Waals surface area contributed by atoms with Crippen LogP contribution in [-0.4, -0.2) is 54.6 Å². The lowest BCUT2D eigenvalue weighted by atomic mass is 10.2. The van der Waals surface area contributed by atoms with Gasteiger partial charge < -0.3 is 9.47 Å². The molecule has 0 bridgehead atoms. The molecule has 0 spiro atoms. The second kappa shape index (κ2) is 8.99. The van der Waals surface area contributed by atoms with Crippen molar-refractivity contribution in [1.29, 1.82) is 0 Å². The Labute approximate surface area is 175 Å². The van der Waals surface area contributed by atoms with Gasteiger partial charge >= 0.3 is 0 Å². The van der Waals surface area contributed by atoms with Crippen LogP contribution in [0.25, 0.3) is 0 Å². The van der Waals surface area contributed by atoms with Crippen molar-refractivity contribution in [2.75, 3.05) is 33.4 Å². The summed E-state index contributed by atoms with van der Waals surface area (Å²) in [6.07, 6.45) is 0. The Morgan fingerprint density at radius 1 is 1.03 bits per heavy atom. The number of nitrogens with zero attached hydrogens (tertiary/aromatic N) is 1. The lowest BCUT2D eigenvalue weighted by Gasteiger charge is -2.26. The number of benzene rings is 2. The number of ether oxygens (including phenoxy) is 2. The molecule has 1 N–H and O–H groups in total. The van der Waals surface area contributed by atoms with Gasteiger partial charge in [0, 0.05) is 19.6 Å². The summed E-state index contributed by atoms with van der Waals surface area (Å²) in [5.74, 6) is 0.377. The molecule has 0 atom stereocenters. The van der Waals surface area contributed by atoms with E-state index in [1.165, 1.54) is 41.7 Å². The van der Waals surface area contributed by atoms with E-state index in [1.54, 1.807) is 12.1 Å². The summed E-state index contributed by atoms with van der Waals surface area (Å²) in [7, 11) is -5.94. The molecule has 0 radical (unpaired) electrons. The molecule has 1 aliphatic rings. The highest BCUT2D eigenvalue weighted by Gasteiger charge is 2.26. The molecular weight excluding hydrogens is 440 g/mol. The van der Waals surface area contributed by atoms with E-state index in [2.05, 4.69) is 4.72 Å². The normalized spacial score (nSPS) is 15.9. The molecule has 0 aliphatic carbocycles. The summed E-state index contributed by atoms with van der Waals surface area (Å²) in [5, 5.41) is 0.188. The van der Waals surface area contributed by atoms with E-state index >= 15 is 0 Å². The molecule has 29 heavy (non-hydrogen) atoms. The fraction of sp³-hybridized carbons (Fsp3) is 0.333. The van der Waals surface area contributed by atoms with Crippen molar-refractivity contribution in [2.45, 2.75) is 16.3 Å². The Morgan fingerprint density at radius 3 is 2.24 bits per heavy atom. The number of rotatable bonds is 7. The topological polar surface area (TPSA) is 102 Å². The van der Waals surface area contributed by atoms with Crippen LogP contribution in [0.1, 0.15) is 5.56 Å². The SMILES string of the molecule is COc1ccc(S(=O)(=O)NCc2ccc(S(=O)(=O)N3CCOCC3)cc2)cc1Cl. The van der Waals surface area contributed by atoms with Gasteiger partial charge in [-0.25, -0.2) is 21.6 Å². The van der Waals surface area contributed by atoms with Crippen LogP contribution in [0.2, 0.25) is 5.02 Å². The molecule has 1 saturated heterocycles. The molecule has 11 heteroatoms. The monoisotopic (exact) mass is 460 g/mol. The number of hydrogen-bond acceptors (Lipinski definition) is 6. The van der Waals surface area contributed by atoms with E-state index in [9.17, 15) is 16.8 Å². The molecule has 0 saturated carbocycles. The second-order valence-electron chi connectivity index (χ2n) is 6.28. The number of hydrogen-bond donors (Lipinski definition) is 1. The summed E-state index contributed by atoms with van der Waals surface area (Å²) in [4.78, 5) is 0.169. The van der Waals surface area contributed by atoms with Crippen LogP contribution in [0, 0.1) is 0 Å². The van der Waals surface area contributed by atoms with Gasteiger partial charge in [-0.3, -0.25) is 0 Å². The van der Waals surface area contributed by atoms with Gasteiger partial charge in [0.1, 0.15) is 5.75 Å². The van der Waals surface area contributed by atoms with Gasteiger partial charge in [-0.05, 0) is 35.9 Å². The minimum Gasteiger partial charge on any atom is -0.495 e. The van der Waals surface area contributed by atoms with Crippen molar-refractivity contribution in [3.05, 3.63) is 53.1 Å². The van der Waals surface area contributed by atoms with Gasteiger partial charge in [0.25, 0.3) is 0 Å². The predicted octanol–water partition coefficient (Wildman–Crippen LogP) is 1.85. The Hall–Kier alpha value is -1.69. The zero-order valence-electron chi connectivity index (χ0n) is 15.7. The van der Waals surface area contributed by atoms with Gasteiger partial charge in [0.2, 0.25) is 20.0 Å². The highest BCUT2D eigenvalue weighted by atomic mass is 35.5. The minimum absolute atomic E-state index is 0.00383. The zero-order chi connectivity index (χ0) is 21.1. The van der Waals surface area contributed by atoms with Crippen molar-refractivity contribution < 1.29 is 26.3 Å². The molecule has 0 unspecified atom stereocenters. The first-order chi connectivity index (χ1) is 13.7. The fourth-order valence-electron chi connectivity index (χ4n) is 2.79. The van der Waals surface area contributed by atoms with E-state index in [0.29, 0.717) is 37.6 Å². The maximum atomic E-state index is 12.6. The van der Waals surface area contributed by atoms with Crippen molar-refractivity contribution in [3.63, 3.8) is 0 Å². The third-order valence-corrected chi connectivity index (χ3v) is 8.04. The lowest BCUT2D eigenvalue weighted by Crippen LogP contribution is -2.40. The standard InChI is InChI=1S/C18H21ClN2O6S2/c1-26-18-7-6-16(12-17(18)19)28(22,23)20-13-14-2-4-15(5-3-14)29(24,25)21-8-10-27-11-9-21/h2-7,12,20H,8-11,13H2,1H3. The van der Waals surface area contributed by atoms with E-state index in [1.807, 2.05) is 0 Å². The Morgan fingerprint density at radius 2 is 1.66 bits per heavy atom. The number of methoxy groups -OCH3 is 1. The first-order valence-corrected chi connectivity index (χ1v) is 12.0. The van der Waals surface area contributed by atoms with Gasteiger partial charge in [-0.1, -0.05) is 23.7 Å². The Balaban J connectivity index is 1.69. The van der Waals surface area contributed by atoms with Gasteiger partial charge in [0.15, 0.2) is 0 Å². The van der Waals surface area contributed by atoms with Crippen LogP contribution in [-0.2, 0) is 31.3 Å². The summed E-state index contributed by atoms with van der Waals surface area (Å²) in [5.41, 5.74) is 0.620.